The molecular weight excluding hydrogens is 735 g/mol. The topological polar surface area (TPSA) is 34.4 Å². The van der Waals surface area contributed by atoms with Gasteiger partial charge in [0, 0.05) is 21.9 Å². The van der Waals surface area contributed by atoms with Gasteiger partial charge in [-0.05, 0) is 87.9 Å². The molecule has 1 aromatic heterocycles. The number of nitrogens with zero attached hydrogens (tertiary/aromatic N) is 1. The van der Waals surface area contributed by atoms with Crippen molar-refractivity contribution in [1.29, 1.82) is 0 Å². The van der Waals surface area contributed by atoms with Crippen LogP contribution in [0.4, 0.5) is 0 Å². The van der Waals surface area contributed by atoms with Crippen LogP contribution < -0.4 is 9.92 Å². The Hall–Kier alpha value is -3.50. The number of phenolic OH excluding ortho intramolecular Hbond substituents is 1. The minimum Gasteiger partial charge on any atom is -0.505 e. The standard InChI is InChI=1S/C55H81NO2Si/c1-17-19-21-22-23-24-30-59(15,16)42-31-38(3)51(58-29-20-18-2)46(36-42)45-32-41(55(13,14)37-52(4,5)6)35-49(50(45)57)56-47-33-39(53(7,8)9)25-27-43(47)44-28-26-40(34-48(44)56)54(10,11)12/h25-28,31-36,57H,17-24,29-30,37H2,1-16H3. The summed E-state index contributed by atoms with van der Waals surface area (Å²) in [6.45, 7) is 38.0. The van der Waals surface area contributed by atoms with Crippen molar-refractivity contribution in [2.24, 2.45) is 5.41 Å². The van der Waals surface area contributed by atoms with Gasteiger partial charge in [-0.15, -0.1) is 0 Å². The van der Waals surface area contributed by atoms with Gasteiger partial charge < -0.3 is 14.4 Å². The lowest BCUT2D eigenvalue weighted by molar-refractivity contribution is 0.284. The number of aryl methyl sites for hydroxylation is 1. The number of aromatic nitrogens is 1. The number of fused-ring (bicyclic) bond motifs is 3. The van der Waals surface area contributed by atoms with Crippen LogP contribution in [-0.2, 0) is 16.2 Å². The summed E-state index contributed by atoms with van der Waals surface area (Å²) in [7, 11) is -1.83. The zero-order valence-electron chi connectivity index (χ0n) is 40.4. The van der Waals surface area contributed by atoms with Crippen molar-refractivity contribution in [2.75, 3.05) is 6.61 Å². The summed E-state index contributed by atoms with van der Waals surface area (Å²) in [4.78, 5) is 0. The largest absolute Gasteiger partial charge is 0.505 e. The number of unbranched alkanes of at least 4 members (excludes halogenated alkanes) is 6. The van der Waals surface area contributed by atoms with E-state index in [1.165, 1.54) is 82.8 Å². The number of hydrogen-bond donors (Lipinski definition) is 1. The lowest BCUT2D eigenvalue weighted by Crippen LogP contribution is -2.41. The Balaban J connectivity index is 1.88. The van der Waals surface area contributed by atoms with E-state index in [9.17, 15) is 5.11 Å². The highest BCUT2D eigenvalue weighted by molar-refractivity contribution is 6.89. The third-order valence-electron chi connectivity index (χ3n) is 12.8. The van der Waals surface area contributed by atoms with Gasteiger partial charge in [-0.1, -0.05) is 196 Å². The van der Waals surface area contributed by atoms with E-state index in [1.54, 1.807) is 0 Å². The maximum atomic E-state index is 13.2. The van der Waals surface area contributed by atoms with E-state index in [2.05, 4.69) is 175 Å². The maximum absolute atomic E-state index is 13.2. The van der Waals surface area contributed by atoms with E-state index in [0.29, 0.717) is 12.4 Å². The normalized spacial score (nSPS) is 13.2. The molecule has 0 bridgehead atoms. The van der Waals surface area contributed by atoms with Crippen molar-refractivity contribution in [3.63, 3.8) is 0 Å². The van der Waals surface area contributed by atoms with Crippen LogP contribution in [0.2, 0.25) is 19.1 Å². The quantitative estimate of drug-likeness (QED) is 0.0795. The second kappa shape index (κ2) is 17.8. The second-order valence-electron chi connectivity index (χ2n) is 22.6. The molecule has 0 fully saturated rings. The summed E-state index contributed by atoms with van der Waals surface area (Å²) in [5.74, 6) is 1.22. The highest BCUT2D eigenvalue weighted by atomic mass is 28.3. The first-order chi connectivity index (χ1) is 27.4. The molecule has 5 rings (SSSR count). The van der Waals surface area contributed by atoms with Crippen LogP contribution in [0.15, 0.2) is 60.7 Å². The fraction of sp³-hybridized carbons (Fsp3) is 0.564. The molecule has 0 aliphatic carbocycles. The van der Waals surface area contributed by atoms with E-state index < -0.39 is 8.07 Å². The van der Waals surface area contributed by atoms with Crippen LogP contribution in [-0.4, -0.2) is 24.4 Å². The van der Waals surface area contributed by atoms with Gasteiger partial charge in [-0.2, -0.15) is 0 Å². The Bertz CT molecular complexity index is 2160. The second-order valence-corrected chi connectivity index (χ2v) is 27.4. The zero-order chi connectivity index (χ0) is 43.7. The molecule has 322 valence electrons. The van der Waals surface area contributed by atoms with E-state index in [1.807, 2.05) is 0 Å². The molecule has 59 heavy (non-hydrogen) atoms. The lowest BCUT2D eigenvalue weighted by Gasteiger charge is -2.34. The summed E-state index contributed by atoms with van der Waals surface area (Å²) < 4.78 is 9.19. The summed E-state index contributed by atoms with van der Waals surface area (Å²) in [6, 6.07) is 24.7. The molecule has 0 saturated heterocycles. The van der Waals surface area contributed by atoms with Gasteiger partial charge in [0.15, 0.2) is 0 Å². The molecular formula is C55H81NO2Si. The average molecular weight is 816 g/mol. The fourth-order valence-electron chi connectivity index (χ4n) is 9.39. The predicted molar refractivity (Wildman–Crippen MR) is 263 cm³/mol. The number of benzene rings is 4. The van der Waals surface area contributed by atoms with E-state index in [0.717, 1.165) is 52.9 Å². The number of hydrogen-bond acceptors (Lipinski definition) is 2. The van der Waals surface area contributed by atoms with Crippen LogP contribution in [0.3, 0.4) is 0 Å². The number of ether oxygens (including phenoxy) is 1. The Morgan fingerprint density at radius 2 is 1.15 bits per heavy atom. The molecule has 0 amide bonds. The Morgan fingerprint density at radius 1 is 0.610 bits per heavy atom. The molecule has 3 nitrogen and oxygen atoms in total. The monoisotopic (exact) mass is 816 g/mol. The van der Waals surface area contributed by atoms with Crippen molar-refractivity contribution >= 4 is 35.1 Å². The SMILES string of the molecule is CCCCCCCC[Si](C)(C)c1cc(C)c(OCCCC)c(-c2cc(C(C)(C)CC(C)(C)C)cc(-n3c4cc(C(C)(C)C)ccc4c4ccc(C(C)(C)C)cc43)c2O)c1. The fourth-order valence-corrected chi connectivity index (χ4v) is 12.0. The minimum absolute atomic E-state index is 0.0370. The van der Waals surface area contributed by atoms with Gasteiger partial charge in [0.25, 0.3) is 0 Å². The summed E-state index contributed by atoms with van der Waals surface area (Å²) in [5.41, 5.74) is 9.80. The molecule has 1 N–H and O–H groups in total. The molecule has 4 aromatic carbocycles. The maximum Gasteiger partial charge on any atom is 0.147 e. The van der Waals surface area contributed by atoms with Crippen LogP contribution >= 0.6 is 0 Å². The van der Waals surface area contributed by atoms with Crippen molar-refractivity contribution in [1.82, 2.24) is 4.57 Å². The molecule has 5 aromatic rings. The molecule has 0 aliphatic heterocycles. The minimum atomic E-state index is -1.83. The molecule has 1 heterocycles. The molecule has 0 unspecified atom stereocenters. The summed E-state index contributed by atoms with van der Waals surface area (Å²) in [5, 5.41) is 17.0. The molecule has 0 radical (unpaired) electrons. The van der Waals surface area contributed by atoms with Gasteiger partial charge in [-0.3, -0.25) is 0 Å². The molecule has 0 aliphatic rings. The van der Waals surface area contributed by atoms with Crippen LogP contribution in [0.1, 0.15) is 170 Å². The van der Waals surface area contributed by atoms with E-state index >= 15 is 0 Å². The number of phenols is 1. The van der Waals surface area contributed by atoms with Gasteiger partial charge in [0.1, 0.15) is 11.5 Å². The van der Waals surface area contributed by atoms with Crippen molar-refractivity contribution in [3.05, 3.63) is 82.9 Å². The smallest absolute Gasteiger partial charge is 0.147 e. The van der Waals surface area contributed by atoms with Gasteiger partial charge in [0.05, 0.1) is 31.4 Å². The predicted octanol–water partition coefficient (Wildman–Crippen LogP) is 16.2. The highest BCUT2D eigenvalue weighted by Crippen LogP contribution is 2.48. The van der Waals surface area contributed by atoms with Gasteiger partial charge >= 0.3 is 0 Å². The summed E-state index contributed by atoms with van der Waals surface area (Å²) in [6.07, 6.45) is 10.9. The molecule has 0 atom stereocenters. The van der Waals surface area contributed by atoms with Crippen LogP contribution in [0.25, 0.3) is 38.6 Å². The first-order valence-electron chi connectivity index (χ1n) is 23.1. The average Bonchev–Trinajstić information content (AvgIpc) is 3.45. The molecule has 0 saturated carbocycles. The van der Waals surface area contributed by atoms with Gasteiger partial charge in [0.2, 0.25) is 0 Å². The van der Waals surface area contributed by atoms with Crippen molar-refractivity contribution < 1.29 is 9.84 Å². The van der Waals surface area contributed by atoms with E-state index in [-0.39, 0.29) is 21.7 Å². The summed E-state index contributed by atoms with van der Waals surface area (Å²) >= 11 is 0. The third kappa shape index (κ3) is 10.7. The Kier molecular flexibility index (Phi) is 14.1. The Morgan fingerprint density at radius 3 is 1.68 bits per heavy atom. The lowest BCUT2D eigenvalue weighted by atomic mass is 9.71. The zero-order valence-corrected chi connectivity index (χ0v) is 41.4. The van der Waals surface area contributed by atoms with Crippen molar-refractivity contribution in [3.8, 4) is 28.3 Å². The number of rotatable bonds is 16. The van der Waals surface area contributed by atoms with E-state index in [4.69, 9.17) is 4.74 Å². The van der Waals surface area contributed by atoms with Gasteiger partial charge in [-0.25, -0.2) is 0 Å². The van der Waals surface area contributed by atoms with Crippen molar-refractivity contribution in [2.45, 2.75) is 190 Å². The number of aromatic hydroxyl groups is 1. The molecule has 0 spiro atoms. The Labute approximate surface area is 361 Å². The third-order valence-corrected chi connectivity index (χ3v) is 16.3. The van der Waals surface area contributed by atoms with Crippen LogP contribution in [0, 0.1) is 12.3 Å². The molecule has 4 heteroatoms. The first-order valence-corrected chi connectivity index (χ1v) is 26.4. The first kappa shape index (κ1) is 46.6. The van der Waals surface area contributed by atoms with Crippen LogP contribution in [0.5, 0.6) is 11.5 Å². The highest BCUT2D eigenvalue weighted by Gasteiger charge is 2.32.